The smallest absolute Gasteiger partial charge is 0.308 e. The van der Waals surface area contributed by atoms with E-state index < -0.39 is 0 Å². The number of ether oxygens (including phenoxy) is 2. The van der Waals surface area contributed by atoms with Gasteiger partial charge in [-0.05, 0) is 120 Å². The first-order chi connectivity index (χ1) is 28.7. The van der Waals surface area contributed by atoms with Gasteiger partial charge in [0.15, 0.2) is 0 Å². The molecule has 6 atom stereocenters. The van der Waals surface area contributed by atoms with Gasteiger partial charge >= 0.3 is 11.9 Å². The van der Waals surface area contributed by atoms with Crippen LogP contribution in [0.25, 0.3) is 0 Å². The maximum Gasteiger partial charge on any atom is 0.308 e. The minimum absolute atomic E-state index is 0.00711. The van der Waals surface area contributed by atoms with Crippen LogP contribution in [0.1, 0.15) is 227 Å². The molecule has 7 heteroatoms. The van der Waals surface area contributed by atoms with Crippen molar-refractivity contribution in [3.8, 4) is 0 Å². The Morgan fingerprint density at radius 3 is 1.97 bits per heavy atom. The van der Waals surface area contributed by atoms with E-state index in [-0.39, 0.29) is 41.4 Å². The molecule has 3 saturated carbocycles. The number of Topliss-reactive ketones (excluding diaryl/α,β-unsaturated/α-hetero) is 1. The monoisotopic (exact) mass is 826 g/mol. The molecular weight excluding hydrogens is 735 g/mol. The van der Waals surface area contributed by atoms with Crippen LogP contribution in [0.4, 0.5) is 0 Å². The Morgan fingerprint density at radius 1 is 0.729 bits per heavy atom. The van der Waals surface area contributed by atoms with Gasteiger partial charge in [0.1, 0.15) is 11.9 Å². The fraction of sp³-hybridized carbons (Fsp3) is 0.904. The lowest BCUT2D eigenvalue weighted by molar-refractivity contribution is -0.152. The zero-order valence-corrected chi connectivity index (χ0v) is 38.9. The number of hydrogen-bond acceptors (Lipinski definition) is 7. The molecule has 7 nitrogen and oxygen atoms in total. The molecule has 0 aromatic carbocycles. The summed E-state index contributed by atoms with van der Waals surface area (Å²) in [7, 11) is 0. The number of ketones is 1. The highest BCUT2D eigenvalue weighted by atomic mass is 16.5. The van der Waals surface area contributed by atoms with Crippen LogP contribution in [0.15, 0.2) is 11.6 Å². The Kier molecular flexibility index (Phi) is 23.1. The molecule has 4 aliphatic carbocycles. The third-order valence-corrected chi connectivity index (χ3v) is 15.8. The van der Waals surface area contributed by atoms with Gasteiger partial charge in [-0.2, -0.15) is 0 Å². The third-order valence-electron chi connectivity index (χ3n) is 15.8. The standard InChI is InChI=1S/C52H91NO6/c1-5-7-9-11-13-15-18-25-42(26-19-16-14-12-10-8-6-2)50(57)58-40-24-38-53(37-22-23-39-54)36-21-17-20-27-49(56)59-44-32-34-51(3)43(41-44)28-29-45-46-30-31-48(55)52(46,4)35-33-47(45)51/h28,42,44-47,54H,5-27,29-41H2,1-4H3. The second-order valence-electron chi connectivity index (χ2n) is 20.2. The van der Waals surface area contributed by atoms with E-state index in [2.05, 4.69) is 38.7 Å². The summed E-state index contributed by atoms with van der Waals surface area (Å²) >= 11 is 0. The van der Waals surface area contributed by atoms with Crippen LogP contribution in [0.3, 0.4) is 0 Å². The summed E-state index contributed by atoms with van der Waals surface area (Å²) in [4.78, 5) is 41.6. The van der Waals surface area contributed by atoms with Crippen LogP contribution in [0.5, 0.6) is 0 Å². The van der Waals surface area contributed by atoms with Crippen LogP contribution in [0.2, 0.25) is 0 Å². The molecule has 0 spiro atoms. The van der Waals surface area contributed by atoms with Crippen molar-refractivity contribution in [1.82, 2.24) is 4.90 Å². The van der Waals surface area contributed by atoms with Gasteiger partial charge in [0.25, 0.3) is 0 Å². The highest BCUT2D eigenvalue weighted by Crippen LogP contribution is 2.64. The SMILES string of the molecule is CCCCCCCCCC(CCCCCCCCC)C(=O)OCCCN(CCCCO)CCCCCC(=O)OC1CCC2(C)C(=CCC3C4CCC(=O)C4(C)CCC32)C1. The minimum atomic E-state index is -0.0903. The lowest BCUT2D eigenvalue weighted by Crippen LogP contribution is -2.50. The molecule has 0 aromatic heterocycles. The molecule has 0 aromatic rings. The number of carbonyl (C=O) groups is 3. The maximum atomic E-state index is 13.3. The number of aliphatic hydroxyl groups excluding tert-OH is 1. The predicted octanol–water partition coefficient (Wildman–Crippen LogP) is 12.9. The third kappa shape index (κ3) is 15.8. The molecule has 0 saturated heterocycles. The number of aliphatic hydroxyl groups is 1. The van der Waals surface area contributed by atoms with Gasteiger partial charge in [-0.1, -0.05) is 136 Å². The van der Waals surface area contributed by atoms with Crippen LogP contribution >= 0.6 is 0 Å². The predicted molar refractivity (Wildman–Crippen MR) is 242 cm³/mol. The molecule has 0 heterocycles. The van der Waals surface area contributed by atoms with Gasteiger partial charge in [0.2, 0.25) is 0 Å². The number of carbonyl (C=O) groups excluding carboxylic acids is 3. The zero-order valence-electron chi connectivity index (χ0n) is 38.9. The van der Waals surface area contributed by atoms with Crippen LogP contribution < -0.4 is 0 Å². The first-order valence-electron chi connectivity index (χ1n) is 25.6. The molecule has 340 valence electrons. The van der Waals surface area contributed by atoms with Crippen molar-refractivity contribution < 1.29 is 29.0 Å². The topological polar surface area (TPSA) is 93.1 Å². The number of rotatable bonds is 32. The average Bonchev–Trinajstić information content (AvgIpc) is 3.54. The minimum Gasteiger partial charge on any atom is -0.465 e. The number of allylic oxidation sites excluding steroid dienone is 1. The van der Waals surface area contributed by atoms with Crippen LogP contribution in [-0.4, -0.2) is 66.7 Å². The van der Waals surface area contributed by atoms with E-state index in [1.54, 1.807) is 0 Å². The molecular formula is C52H91NO6. The maximum absolute atomic E-state index is 13.3. The van der Waals surface area contributed by atoms with Gasteiger partial charge in [0, 0.05) is 37.8 Å². The fourth-order valence-corrected chi connectivity index (χ4v) is 12.0. The molecule has 1 N–H and O–H groups in total. The largest absolute Gasteiger partial charge is 0.465 e. The van der Waals surface area contributed by atoms with E-state index in [1.165, 1.54) is 82.6 Å². The fourth-order valence-electron chi connectivity index (χ4n) is 12.0. The lowest BCUT2D eigenvalue weighted by atomic mass is 9.48. The van der Waals surface area contributed by atoms with Gasteiger partial charge in [-0.15, -0.1) is 0 Å². The Labute approximate surface area is 362 Å². The van der Waals surface area contributed by atoms with E-state index in [0.29, 0.717) is 36.6 Å². The molecule has 6 unspecified atom stereocenters. The molecule has 4 rings (SSSR count). The van der Waals surface area contributed by atoms with Crippen LogP contribution in [-0.2, 0) is 23.9 Å². The highest BCUT2D eigenvalue weighted by Gasteiger charge is 2.58. The van der Waals surface area contributed by atoms with E-state index in [1.807, 2.05) is 0 Å². The number of nitrogens with zero attached hydrogens (tertiary/aromatic N) is 1. The van der Waals surface area contributed by atoms with E-state index in [4.69, 9.17) is 9.47 Å². The molecule has 0 aliphatic heterocycles. The summed E-state index contributed by atoms with van der Waals surface area (Å²) in [5.74, 6) is 2.34. The van der Waals surface area contributed by atoms with Gasteiger partial charge in [-0.25, -0.2) is 0 Å². The van der Waals surface area contributed by atoms with Gasteiger partial charge in [0.05, 0.1) is 12.5 Å². The molecule has 4 aliphatic rings. The quantitative estimate of drug-likeness (QED) is 0.0410. The first kappa shape index (κ1) is 49.9. The van der Waals surface area contributed by atoms with Crippen molar-refractivity contribution in [1.29, 1.82) is 0 Å². The number of hydrogen-bond donors (Lipinski definition) is 1. The number of fused-ring (bicyclic) bond motifs is 5. The number of esters is 2. The molecule has 0 bridgehead atoms. The summed E-state index contributed by atoms with van der Waals surface area (Å²) in [6.45, 7) is 12.7. The summed E-state index contributed by atoms with van der Waals surface area (Å²) < 4.78 is 12.0. The normalized spacial score (nSPS) is 26.4. The number of unbranched alkanes of at least 4 members (excludes halogenated alkanes) is 15. The summed E-state index contributed by atoms with van der Waals surface area (Å²) in [6, 6.07) is 0. The van der Waals surface area contributed by atoms with Gasteiger partial charge in [-0.3, -0.25) is 14.4 Å². The van der Waals surface area contributed by atoms with E-state index in [9.17, 15) is 19.5 Å². The molecule has 0 radical (unpaired) electrons. The van der Waals surface area contributed by atoms with Crippen molar-refractivity contribution in [2.24, 2.45) is 34.5 Å². The Bertz CT molecular complexity index is 1230. The Hall–Kier alpha value is -1.73. The van der Waals surface area contributed by atoms with Gasteiger partial charge < -0.3 is 19.5 Å². The summed E-state index contributed by atoms with van der Waals surface area (Å²) in [6.07, 6.45) is 36.1. The Balaban J connectivity index is 1.12. The van der Waals surface area contributed by atoms with Crippen LogP contribution in [0, 0.1) is 34.5 Å². The van der Waals surface area contributed by atoms with Crippen molar-refractivity contribution >= 4 is 17.7 Å². The molecule has 0 amide bonds. The second-order valence-corrected chi connectivity index (χ2v) is 20.2. The molecule has 3 fully saturated rings. The molecule has 59 heavy (non-hydrogen) atoms. The van der Waals surface area contributed by atoms with Crippen molar-refractivity contribution in [2.75, 3.05) is 32.8 Å². The van der Waals surface area contributed by atoms with E-state index >= 15 is 0 Å². The average molecular weight is 826 g/mol. The zero-order chi connectivity index (χ0) is 42.4. The van der Waals surface area contributed by atoms with Crippen molar-refractivity contribution in [2.45, 2.75) is 233 Å². The highest BCUT2D eigenvalue weighted by molar-refractivity contribution is 5.87. The summed E-state index contributed by atoms with van der Waals surface area (Å²) in [5.41, 5.74) is 1.61. The Morgan fingerprint density at radius 2 is 1.31 bits per heavy atom. The van der Waals surface area contributed by atoms with Crippen molar-refractivity contribution in [3.05, 3.63) is 11.6 Å². The summed E-state index contributed by atoms with van der Waals surface area (Å²) in [5, 5.41) is 9.40. The lowest BCUT2D eigenvalue weighted by Gasteiger charge is -2.56. The van der Waals surface area contributed by atoms with E-state index in [0.717, 1.165) is 135 Å². The first-order valence-corrected chi connectivity index (χ1v) is 25.6. The van der Waals surface area contributed by atoms with Crippen molar-refractivity contribution in [3.63, 3.8) is 0 Å². The second kappa shape index (κ2) is 27.4.